The third-order valence-electron chi connectivity index (χ3n) is 13.8. The molecular weight excluding hydrogens is 1810 g/mol. The van der Waals surface area contributed by atoms with Crippen LogP contribution in [-0.4, -0.2) is 97.2 Å². The normalized spacial score (nSPS) is 9.29. The van der Waals surface area contributed by atoms with Gasteiger partial charge in [-0.15, -0.1) is 0 Å². The number of nitrogens with one attached hydrogen (secondary N) is 4. The maximum absolute atomic E-state index is 12.3. The van der Waals surface area contributed by atoms with Crippen LogP contribution in [0.5, 0.6) is 41.0 Å². The molecular formula is C84H85Cl4N20O7Y3-3. The van der Waals surface area contributed by atoms with Gasteiger partial charge in [0.05, 0.1) is 5.69 Å². The van der Waals surface area contributed by atoms with Crippen LogP contribution in [0.15, 0.2) is 266 Å². The second kappa shape index (κ2) is 57.6. The molecule has 0 saturated carbocycles. The number of ether oxygens (including phenoxy) is 3. The van der Waals surface area contributed by atoms with E-state index in [1.165, 1.54) is 6.08 Å². The van der Waals surface area contributed by atoms with Gasteiger partial charge in [-0.2, -0.15) is 64.8 Å². The number of carbonyl (C=O) groups is 2. The maximum atomic E-state index is 12.3. The molecule has 603 valence electrons. The Morgan fingerprint density at radius 1 is 0.364 bits per heavy atom. The summed E-state index contributed by atoms with van der Waals surface area (Å²) >= 11 is 22.3. The molecule has 15 aromatic rings. The van der Waals surface area contributed by atoms with Gasteiger partial charge in [0, 0.05) is 124 Å². The van der Waals surface area contributed by atoms with Crippen LogP contribution < -0.4 is 51.8 Å². The zero-order valence-corrected chi connectivity index (χ0v) is 77.9. The molecule has 4 heterocycles. The monoisotopic (exact) mass is 1890 g/mol. The third-order valence-corrected chi connectivity index (χ3v) is 14.4. The second-order valence-corrected chi connectivity index (χ2v) is 23.0. The Labute approximate surface area is 781 Å². The van der Waals surface area contributed by atoms with Crippen molar-refractivity contribution in [3.05, 3.63) is 304 Å². The number of hydrogen-bond acceptors (Lipinski definition) is 23. The minimum absolute atomic E-state index is 0. The number of rotatable bonds is 12. The number of nitrogens with zero attached hydrogens (tertiary/aromatic N) is 14. The Balaban J connectivity index is 0.000000728. The fourth-order valence-corrected chi connectivity index (χ4v) is 9.81. The van der Waals surface area contributed by atoms with Crippen molar-refractivity contribution in [1.29, 1.82) is 0 Å². The number of hydrogen-bond donors (Lipinski definition) is 7. The molecule has 0 atom stereocenters. The molecule has 11 aromatic carbocycles. The van der Waals surface area contributed by atoms with Gasteiger partial charge in [-0.25, -0.2) is 14.4 Å². The number of phenols is 1. The fourth-order valence-electron chi connectivity index (χ4n) is 9.12. The first kappa shape index (κ1) is 106. The fraction of sp³-hybridized carbons (Fsp3) is 0.0952. The minimum atomic E-state index is -0.509. The third kappa shape index (κ3) is 37.0. The Morgan fingerprint density at radius 3 is 1.03 bits per heavy atom. The molecule has 0 fully saturated rings. The van der Waals surface area contributed by atoms with Crippen LogP contribution in [0.3, 0.4) is 0 Å². The van der Waals surface area contributed by atoms with Crippen LogP contribution in [0.25, 0.3) is 43.1 Å². The van der Waals surface area contributed by atoms with Gasteiger partial charge in [-0.1, -0.05) is 217 Å². The van der Waals surface area contributed by atoms with Crippen molar-refractivity contribution in [3.8, 4) is 41.0 Å². The van der Waals surface area contributed by atoms with Crippen molar-refractivity contribution in [2.75, 3.05) is 51.7 Å². The summed E-state index contributed by atoms with van der Waals surface area (Å²) in [6.07, 6.45) is 1.46. The number of para-hydroxylation sites is 3. The van der Waals surface area contributed by atoms with E-state index in [0.29, 0.717) is 46.0 Å². The van der Waals surface area contributed by atoms with E-state index in [1.54, 1.807) is 73.6 Å². The molecule has 0 aliphatic carbocycles. The van der Waals surface area contributed by atoms with Crippen molar-refractivity contribution >= 4 is 154 Å². The van der Waals surface area contributed by atoms with Gasteiger partial charge in [0.1, 0.15) is 23.0 Å². The van der Waals surface area contributed by atoms with E-state index in [9.17, 15) is 14.4 Å². The number of nitrogens with two attached hydrogens (primary N) is 2. The van der Waals surface area contributed by atoms with Crippen molar-refractivity contribution in [2.24, 2.45) is 4.99 Å². The van der Waals surface area contributed by atoms with Gasteiger partial charge < -0.3 is 68.6 Å². The molecule has 3 radical (unpaired) electrons. The van der Waals surface area contributed by atoms with E-state index >= 15 is 0 Å². The average Bonchev–Trinajstić information content (AvgIpc) is 0.809. The zero-order valence-electron chi connectivity index (χ0n) is 66.4. The average molecular weight is 1900 g/mol. The maximum Gasteiger partial charge on any atom is 0.328 e. The summed E-state index contributed by atoms with van der Waals surface area (Å²) in [4.78, 5) is 85.7. The Morgan fingerprint density at radius 2 is 0.669 bits per heavy atom. The van der Waals surface area contributed by atoms with Crippen LogP contribution in [0.4, 0.5) is 56.4 Å². The SMILES string of the molecule is CC.CC.CC.CN(C)c1nc(NC(=O)Nc2ccccc2)nc(Oc2ccc3ccccc3c2)n1.Nc1nc(Cl)nc(Cl)n1.Nc1nc(Cl)nc(Oc2ccc3ccccc3c2)n1.O=C(Nc1ccccc1)Nc1nc(Cl)nc(Oc2ccc3ccccc3c2)n1.O=C=Nc1ccccc1.Oc1ccc2ccccc2c1.[CH3-].[CH3-].[CH3-].[Y].[Y].[Y]. The van der Waals surface area contributed by atoms with E-state index in [4.69, 9.17) is 77.2 Å². The van der Waals surface area contributed by atoms with Gasteiger partial charge >= 0.3 is 30.1 Å². The van der Waals surface area contributed by atoms with E-state index in [2.05, 4.69) is 86.1 Å². The van der Waals surface area contributed by atoms with Crippen molar-refractivity contribution in [1.82, 2.24) is 59.8 Å². The summed E-state index contributed by atoms with van der Waals surface area (Å²) in [5.74, 6) is 2.53. The molecule has 4 amide bonds. The predicted molar refractivity (Wildman–Crippen MR) is 466 cm³/mol. The quantitative estimate of drug-likeness (QED) is 0.0339. The largest absolute Gasteiger partial charge is 0.508 e. The predicted octanol–water partition coefficient (Wildman–Crippen LogP) is 22.1. The number of nitrogen functional groups attached to an aromatic ring is 2. The summed E-state index contributed by atoms with van der Waals surface area (Å²) in [6.45, 7) is 12.0. The number of amides is 4. The summed E-state index contributed by atoms with van der Waals surface area (Å²) in [5.41, 5.74) is 12.5. The number of isocyanates is 1. The summed E-state index contributed by atoms with van der Waals surface area (Å²) < 4.78 is 17.1. The number of fused-ring (bicyclic) bond motifs is 4. The number of benzene rings is 11. The van der Waals surface area contributed by atoms with Crippen LogP contribution in [0, 0.1) is 22.3 Å². The first-order valence-electron chi connectivity index (χ1n) is 34.3. The van der Waals surface area contributed by atoms with Gasteiger partial charge in [0.2, 0.25) is 57.0 Å². The number of aromatic hydroxyl groups is 1. The Bertz CT molecular complexity index is 5490. The van der Waals surface area contributed by atoms with E-state index in [0.717, 1.165) is 43.1 Å². The number of aromatic nitrogens is 12. The van der Waals surface area contributed by atoms with Crippen molar-refractivity contribution in [3.63, 3.8) is 0 Å². The zero-order chi connectivity index (χ0) is 80.6. The van der Waals surface area contributed by atoms with Crippen molar-refractivity contribution in [2.45, 2.75) is 41.5 Å². The molecule has 0 bridgehead atoms. The Kier molecular flexibility index (Phi) is 51.5. The number of aliphatic imine (C=N–C) groups is 1. The molecule has 0 saturated heterocycles. The summed E-state index contributed by atoms with van der Waals surface area (Å²) in [6, 6.07) is 80.4. The van der Waals surface area contributed by atoms with Crippen LogP contribution in [-0.2, 0) is 103 Å². The number of halogens is 4. The smallest absolute Gasteiger partial charge is 0.328 e. The van der Waals surface area contributed by atoms with E-state index in [1.807, 2.05) is 248 Å². The standard InChI is InChI=1S/C22H20N6O2.C20H14ClN5O2.C13H9ClN4O.C10H8O.C7H5NO.C3H2Cl2N4.3C2H6.3CH3.3Y/c1-28(2)20-24-19(25-21(29)23-17-10-4-3-5-11-17)26-22(27-20)30-18-13-12-15-8-6-7-9-16(15)14-18;21-17-23-18(25-19(27)22-15-8-2-1-3-9-15)26-20(24-17)28-16-11-10-13-6-4-5-7-14(13)12-16;14-11-16-12(15)18-13(17-11)19-10-6-5-8-3-1-2-4-9(8)7-10;11-10-6-5-8-3-1-2-4-9(8)7-10;9-6-8-7-4-2-1-3-5-7;4-1-7-2(5)9-3(6)8-1;3*1-2;;;;;;/h3-14H,1-2H3,(H2,23,24,25,26,27,29);1-12H,(H2,22,23,24,25,26,27);1-7H,(H2,15,16,17,18);1-7,11H;1-5H;(H2,6,7,8,9);3*1-2H3;3*1H3;;;/q;;;;;;;;;3*-1;;;. The topological polar surface area (TPSA) is 370 Å². The molecule has 15 rings (SSSR count). The molecule has 0 aliphatic rings. The minimum Gasteiger partial charge on any atom is -0.508 e. The number of urea groups is 2. The van der Waals surface area contributed by atoms with Crippen molar-refractivity contribution < 1.29 is 132 Å². The second-order valence-electron chi connectivity index (χ2n) is 21.6. The molecule has 34 heteroatoms. The van der Waals surface area contributed by atoms with Gasteiger partial charge in [0.15, 0.2) is 0 Å². The first-order valence-corrected chi connectivity index (χ1v) is 35.8. The van der Waals surface area contributed by atoms with E-state index < -0.39 is 12.1 Å². The Hall–Kier alpha value is -10.5. The first-order chi connectivity index (χ1) is 54.4. The summed E-state index contributed by atoms with van der Waals surface area (Å²) in [7, 11) is 3.59. The number of carbonyl (C=O) groups excluding carboxylic acids is 3. The number of phenolic OH excluding ortho intramolecular Hbond substituents is 1. The van der Waals surface area contributed by atoms with Crippen LogP contribution >= 0.6 is 46.4 Å². The van der Waals surface area contributed by atoms with Gasteiger partial charge in [-0.05, 0) is 174 Å². The van der Waals surface area contributed by atoms with Crippen LogP contribution in [0.1, 0.15) is 41.5 Å². The molecule has 9 N–H and O–H groups in total. The van der Waals surface area contributed by atoms with Gasteiger partial charge in [-0.3, -0.25) is 10.6 Å². The molecule has 0 aliphatic heterocycles. The molecule has 27 nitrogen and oxygen atoms in total. The van der Waals surface area contributed by atoms with Crippen LogP contribution in [0.2, 0.25) is 21.1 Å². The molecule has 0 unspecified atom stereocenters. The molecule has 0 spiro atoms. The molecule has 118 heavy (non-hydrogen) atoms. The van der Waals surface area contributed by atoms with E-state index in [-0.39, 0.29) is 183 Å². The summed E-state index contributed by atoms with van der Waals surface area (Å²) in [5, 5.41) is 28.2. The molecule has 4 aromatic heterocycles. The number of anilines is 7. The van der Waals surface area contributed by atoms with Gasteiger partial charge in [0.25, 0.3) is 0 Å².